The summed E-state index contributed by atoms with van der Waals surface area (Å²) in [5.41, 5.74) is 0. The van der Waals surface area contributed by atoms with E-state index in [1.54, 1.807) is 0 Å². The molecule has 2 heteroatoms. The number of hydrogen-bond donors (Lipinski definition) is 0. The van der Waals surface area contributed by atoms with Gasteiger partial charge in [0.05, 0.1) is 0 Å². The van der Waals surface area contributed by atoms with Crippen molar-refractivity contribution in [3.05, 3.63) is 12.0 Å². The lowest BCUT2D eigenvalue weighted by Crippen LogP contribution is -2.16. The smallest absolute Gasteiger partial charge is 0.0485 e. The minimum atomic E-state index is -1.12. The van der Waals surface area contributed by atoms with E-state index in [1.807, 2.05) is 0 Å². The van der Waals surface area contributed by atoms with Crippen LogP contribution in [0.4, 0.5) is 0 Å². The van der Waals surface area contributed by atoms with Gasteiger partial charge in [0, 0.05) is 0 Å². The van der Waals surface area contributed by atoms with Crippen LogP contribution >= 0.6 is 0 Å². The summed E-state index contributed by atoms with van der Waals surface area (Å²) in [6.45, 7) is 1.41. The molecule has 0 rings (SSSR count). The third-order valence-corrected chi connectivity index (χ3v) is 0.236. The lowest BCUT2D eigenvalue weighted by Gasteiger charge is -2.13. The fraction of sp³-hybridized carbons (Fsp3) is 0.333. The van der Waals surface area contributed by atoms with Crippen LogP contribution in [-0.2, 0) is 0 Å². The second kappa shape index (κ2) is 1.64. The van der Waals surface area contributed by atoms with E-state index in [2.05, 4.69) is 0 Å². The first-order valence-corrected chi connectivity index (χ1v) is 1.27. The van der Waals surface area contributed by atoms with Crippen LogP contribution in [0.25, 0.3) is 0 Å². The normalized spacial score (nSPS) is 6.60. The van der Waals surface area contributed by atoms with Crippen molar-refractivity contribution in [3.8, 4) is 0 Å². The van der Waals surface area contributed by atoms with Crippen molar-refractivity contribution in [2.24, 2.45) is 0 Å². The Morgan fingerprint density at radius 2 is 1.80 bits per heavy atom. The Morgan fingerprint density at radius 3 is 1.80 bits per heavy atom. The Kier molecular flexibility index (Phi) is 1.42. The van der Waals surface area contributed by atoms with Crippen LogP contribution in [-0.4, -0.2) is 0 Å². The summed E-state index contributed by atoms with van der Waals surface area (Å²) in [5.74, 6) is -1.12. The van der Waals surface area contributed by atoms with Crippen LogP contribution in [0.2, 0.25) is 0 Å². The molecule has 0 N–H and O–H groups in total. The molecule has 0 aromatic rings. The fourth-order valence-electron chi connectivity index (χ4n) is 0. The average Bonchev–Trinajstić information content (AvgIpc) is 1.38. The van der Waals surface area contributed by atoms with E-state index in [9.17, 15) is 10.2 Å². The van der Waals surface area contributed by atoms with E-state index in [1.165, 1.54) is 6.92 Å². The molecule has 0 bridgehead atoms. The van der Waals surface area contributed by atoms with Crippen molar-refractivity contribution >= 4 is 0 Å². The number of hydrogen-bond acceptors (Lipinski definition) is 2. The molecule has 0 aromatic carbocycles. The zero-order valence-corrected chi connectivity index (χ0v) is 2.89. The van der Waals surface area contributed by atoms with Gasteiger partial charge in [-0.1, -0.05) is 0 Å². The van der Waals surface area contributed by atoms with Gasteiger partial charge >= 0.3 is 0 Å². The Morgan fingerprint density at radius 1 is 1.60 bits per heavy atom. The molecule has 0 spiro atoms. The number of rotatable bonds is 0. The third-order valence-electron chi connectivity index (χ3n) is 0.236. The summed E-state index contributed by atoms with van der Waals surface area (Å²) >= 11 is 0. The topological polar surface area (TPSA) is 46.1 Å². The molecular weight excluding hydrogens is 68.0 g/mol. The minimum absolute atomic E-state index is 0.972. The van der Waals surface area contributed by atoms with Crippen LogP contribution in [0, 0.1) is 0 Å². The molecule has 0 fully saturated rings. The van der Waals surface area contributed by atoms with Gasteiger partial charge in [-0.15, -0.1) is 6.08 Å². The third kappa shape index (κ3) is 3.34. The van der Waals surface area contributed by atoms with Gasteiger partial charge in [0.25, 0.3) is 0 Å². The first-order chi connectivity index (χ1) is 2.27. The summed E-state index contributed by atoms with van der Waals surface area (Å²) in [6, 6.07) is 0. The van der Waals surface area contributed by atoms with Crippen molar-refractivity contribution < 1.29 is 10.2 Å². The summed E-state index contributed by atoms with van der Waals surface area (Å²) in [7, 11) is 0. The van der Waals surface area contributed by atoms with Gasteiger partial charge in [0.2, 0.25) is 0 Å². The quantitative estimate of drug-likeness (QED) is 0.329. The molecule has 0 aliphatic rings. The molecule has 0 atom stereocenters. The monoisotopic (exact) mass is 72.0 g/mol. The minimum Gasteiger partial charge on any atom is -0.884 e. The molecule has 0 saturated carbocycles. The molecule has 5 heavy (non-hydrogen) atoms. The highest BCUT2D eigenvalue weighted by Gasteiger charge is 1.35. The van der Waals surface area contributed by atoms with Gasteiger partial charge in [-0.25, -0.2) is 5.95 Å². The fourth-order valence-corrected chi connectivity index (χ4v) is 0. The molecule has 0 saturated heterocycles. The average molecular weight is 72.1 g/mol. The van der Waals surface area contributed by atoms with Gasteiger partial charge < -0.3 is 10.2 Å². The molecular formula is C3H4O2-2. The maximum absolute atomic E-state index is 9.20. The maximum atomic E-state index is 9.20. The molecule has 0 aromatic heterocycles. The van der Waals surface area contributed by atoms with Gasteiger partial charge in [-0.3, -0.25) is 0 Å². The van der Waals surface area contributed by atoms with E-state index in [4.69, 9.17) is 0 Å². The predicted molar refractivity (Wildman–Crippen MR) is 13.8 cm³/mol. The highest BCUT2D eigenvalue weighted by molar-refractivity contribution is 4.67. The summed E-state index contributed by atoms with van der Waals surface area (Å²) < 4.78 is 0. The van der Waals surface area contributed by atoms with E-state index >= 15 is 0 Å². The number of allylic oxidation sites excluding steroid dienone is 1. The zero-order valence-electron chi connectivity index (χ0n) is 2.89. The largest absolute Gasteiger partial charge is 0.884 e. The lowest BCUT2D eigenvalue weighted by atomic mass is 10.7. The first kappa shape index (κ1) is 4.34. The van der Waals surface area contributed by atoms with Crippen LogP contribution in [0.1, 0.15) is 6.92 Å². The summed E-state index contributed by atoms with van der Waals surface area (Å²) in [5, 5.41) is 18.4. The van der Waals surface area contributed by atoms with Gasteiger partial charge in [0.15, 0.2) is 0 Å². The van der Waals surface area contributed by atoms with Gasteiger partial charge in [-0.2, -0.15) is 0 Å². The molecule has 30 valence electrons. The van der Waals surface area contributed by atoms with Crippen LogP contribution in [0.5, 0.6) is 0 Å². The summed E-state index contributed by atoms with van der Waals surface area (Å²) in [6.07, 6.45) is 0.972. The van der Waals surface area contributed by atoms with E-state index in [0.29, 0.717) is 0 Å². The predicted octanol–water partition coefficient (Wildman–Crippen LogP) is -1.43. The lowest BCUT2D eigenvalue weighted by molar-refractivity contribution is -0.513. The van der Waals surface area contributed by atoms with E-state index < -0.39 is 5.95 Å². The van der Waals surface area contributed by atoms with Crippen LogP contribution in [0.15, 0.2) is 12.0 Å². The molecule has 0 heterocycles. The van der Waals surface area contributed by atoms with Gasteiger partial charge in [0.1, 0.15) is 0 Å². The van der Waals surface area contributed by atoms with Crippen molar-refractivity contribution in [1.82, 2.24) is 0 Å². The molecule has 0 radical (unpaired) electrons. The SMILES string of the molecule is CC=C([O-])[O-]. The standard InChI is InChI=1S/C3H6O2/c1-2-3(4)5/h2,4-5H,1H3/p-2. The second-order valence-electron chi connectivity index (χ2n) is 0.608. The van der Waals surface area contributed by atoms with Crippen molar-refractivity contribution in [2.75, 3.05) is 0 Å². The van der Waals surface area contributed by atoms with Crippen molar-refractivity contribution in [1.29, 1.82) is 0 Å². The maximum Gasteiger partial charge on any atom is -0.0485 e. The Balaban J connectivity index is 3.14. The van der Waals surface area contributed by atoms with Gasteiger partial charge in [-0.05, 0) is 6.92 Å². The Bertz CT molecular complexity index is 42.9. The van der Waals surface area contributed by atoms with Crippen molar-refractivity contribution in [2.45, 2.75) is 6.92 Å². The zero-order chi connectivity index (χ0) is 4.28. The Hall–Kier alpha value is -0.660. The highest BCUT2D eigenvalue weighted by Crippen LogP contribution is 1.58. The Labute approximate surface area is 30.4 Å². The molecule has 0 aliphatic carbocycles. The van der Waals surface area contributed by atoms with Crippen LogP contribution in [0.3, 0.4) is 0 Å². The highest BCUT2D eigenvalue weighted by atomic mass is 16.5. The molecule has 0 unspecified atom stereocenters. The van der Waals surface area contributed by atoms with E-state index in [-0.39, 0.29) is 0 Å². The molecule has 0 amide bonds. The molecule has 0 aliphatic heterocycles. The van der Waals surface area contributed by atoms with E-state index in [0.717, 1.165) is 6.08 Å². The second-order valence-corrected chi connectivity index (χ2v) is 0.608. The summed E-state index contributed by atoms with van der Waals surface area (Å²) in [4.78, 5) is 0. The van der Waals surface area contributed by atoms with Crippen molar-refractivity contribution in [3.63, 3.8) is 0 Å². The van der Waals surface area contributed by atoms with Crippen LogP contribution < -0.4 is 10.2 Å². The molecule has 2 nitrogen and oxygen atoms in total. The first-order valence-electron chi connectivity index (χ1n) is 1.27.